The molecule has 62 valence electrons. The molecule has 0 rings (SSSR count). The van der Waals surface area contributed by atoms with E-state index in [1.807, 2.05) is 13.8 Å². The maximum Gasteiger partial charge on any atom is 0.406 e. The van der Waals surface area contributed by atoms with Crippen LogP contribution < -0.4 is 0 Å². The molecule has 0 heterocycles. The maximum atomic E-state index is 9.13. The summed E-state index contributed by atoms with van der Waals surface area (Å²) in [6.07, 6.45) is 0.362. The maximum absolute atomic E-state index is 9.13. The van der Waals surface area contributed by atoms with Gasteiger partial charge in [-0.05, 0) is 12.8 Å². The zero-order valence-electron chi connectivity index (χ0n) is 6.74. The average Bonchev–Trinajstić information content (AvgIpc) is 1.59. The Morgan fingerprint density at radius 3 is 2.20 bits per heavy atom. The third kappa shape index (κ3) is 5.12. The summed E-state index contributed by atoms with van der Waals surface area (Å²) in [6, 6.07) is 0. The van der Waals surface area contributed by atoms with Crippen molar-refractivity contribution >= 4 is 7.94 Å². The summed E-state index contributed by atoms with van der Waals surface area (Å²) in [6.45, 7) is 5.98. The summed E-state index contributed by atoms with van der Waals surface area (Å²) < 4.78 is 4.76. The van der Waals surface area contributed by atoms with Crippen LogP contribution in [0.3, 0.4) is 0 Å². The molecular weight excluding hydrogens is 151 g/mol. The molecule has 0 atom stereocenters. The molecule has 0 aliphatic carbocycles. The Hall–Kier alpha value is 0.310. The first-order valence-electron chi connectivity index (χ1n) is 3.46. The molecule has 10 heavy (non-hydrogen) atoms. The second-order valence-corrected chi connectivity index (χ2v) is 4.61. The number of rotatable bonds is 4. The van der Waals surface area contributed by atoms with Crippen LogP contribution in [0.15, 0.2) is 0 Å². The van der Waals surface area contributed by atoms with Crippen LogP contribution in [0.2, 0.25) is 0 Å². The zero-order chi connectivity index (χ0) is 8.20. The van der Waals surface area contributed by atoms with Crippen molar-refractivity contribution in [1.29, 1.82) is 0 Å². The van der Waals surface area contributed by atoms with Crippen LogP contribution >= 0.6 is 7.94 Å². The van der Waals surface area contributed by atoms with Crippen molar-refractivity contribution < 1.29 is 14.3 Å². The third-order valence-corrected chi connectivity index (χ3v) is 2.82. The Morgan fingerprint density at radius 1 is 1.40 bits per heavy atom. The topological polar surface area (TPSA) is 49.7 Å². The predicted octanol–water partition coefficient (Wildman–Crippen LogP) is 1.43. The highest BCUT2D eigenvalue weighted by Crippen LogP contribution is 2.52. The highest BCUT2D eigenvalue weighted by atomic mass is 31.2. The Bertz CT molecular complexity index is 93.0. The molecule has 0 aromatic rings. The SMILES string of the molecule is CCO[P+](O)(O)CC(C)C. The highest BCUT2D eigenvalue weighted by Gasteiger charge is 2.35. The monoisotopic (exact) mass is 167 g/mol. The molecule has 0 saturated carbocycles. The van der Waals surface area contributed by atoms with Crippen molar-refractivity contribution in [2.45, 2.75) is 20.8 Å². The molecule has 0 aromatic carbocycles. The average molecular weight is 167 g/mol. The predicted molar refractivity (Wildman–Crippen MR) is 42.7 cm³/mol. The minimum absolute atomic E-state index is 0.273. The lowest BCUT2D eigenvalue weighted by Crippen LogP contribution is -2.06. The summed E-state index contributed by atoms with van der Waals surface area (Å²) in [5.74, 6) is 0.273. The van der Waals surface area contributed by atoms with Crippen LogP contribution in [0.1, 0.15) is 20.8 Å². The van der Waals surface area contributed by atoms with Crippen molar-refractivity contribution in [3.8, 4) is 0 Å². The van der Waals surface area contributed by atoms with E-state index in [0.717, 1.165) is 0 Å². The fraction of sp³-hybridized carbons (Fsp3) is 1.00. The van der Waals surface area contributed by atoms with E-state index in [2.05, 4.69) is 0 Å². The molecule has 0 saturated heterocycles. The summed E-state index contributed by atoms with van der Waals surface area (Å²) in [4.78, 5) is 18.3. The van der Waals surface area contributed by atoms with Crippen LogP contribution in [0, 0.1) is 5.92 Å². The van der Waals surface area contributed by atoms with Gasteiger partial charge in [-0.1, -0.05) is 13.8 Å². The fourth-order valence-electron chi connectivity index (χ4n) is 0.735. The van der Waals surface area contributed by atoms with E-state index in [1.165, 1.54) is 0 Å². The molecule has 0 unspecified atom stereocenters. The fourth-order valence-corrected chi connectivity index (χ4v) is 2.21. The van der Waals surface area contributed by atoms with E-state index in [4.69, 9.17) is 14.3 Å². The zero-order valence-corrected chi connectivity index (χ0v) is 7.64. The normalized spacial score (nSPS) is 12.6. The molecule has 0 aromatic heterocycles. The van der Waals surface area contributed by atoms with Crippen LogP contribution in [0.5, 0.6) is 0 Å². The van der Waals surface area contributed by atoms with Crippen LogP contribution in [-0.2, 0) is 4.52 Å². The second-order valence-electron chi connectivity index (χ2n) is 2.66. The van der Waals surface area contributed by atoms with Crippen molar-refractivity contribution in [2.24, 2.45) is 5.92 Å². The molecule has 0 fully saturated rings. The largest absolute Gasteiger partial charge is 0.406 e. The van der Waals surface area contributed by atoms with Gasteiger partial charge < -0.3 is 0 Å². The summed E-state index contributed by atoms with van der Waals surface area (Å²) in [7, 11) is -3.00. The van der Waals surface area contributed by atoms with E-state index in [1.54, 1.807) is 6.92 Å². The molecular formula is C6H16O3P+. The van der Waals surface area contributed by atoms with E-state index in [9.17, 15) is 0 Å². The van der Waals surface area contributed by atoms with Gasteiger partial charge in [0.15, 0.2) is 0 Å². The van der Waals surface area contributed by atoms with E-state index < -0.39 is 7.94 Å². The van der Waals surface area contributed by atoms with Crippen LogP contribution in [0.25, 0.3) is 0 Å². The molecule has 3 nitrogen and oxygen atoms in total. The first-order valence-corrected chi connectivity index (χ1v) is 5.26. The van der Waals surface area contributed by atoms with Crippen molar-refractivity contribution in [3.05, 3.63) is 0 Å². The van der Waals surface area contributed by atoms with Gasteiger partial charge in [0.1, 0.15) is 6.16 Å². The molecule has 0 spiro atoms. The van der Waals surface area contributed by atoms with E-state index in [-0.39, 0.29) is 5.92 Å². The minimum atomic E-state index is -3.00. The smallest absolute Gasteiger partial charge is 0.193 e. The van der Waals surface area contributed by atoms with E-state index >= 15 is 0 Å². The second kappa shape index (κ2) is 4.24. The van der Waals surface area contributed by atoms with Gasteiger partial charge in [0.2, 0.25) is 0 Å². The van der Waals surface area contributed by atoms with Gasteiger partial charge >= 0.3 is 7.94 Å². The first kappa shape index (κ1) is 10.3. The summed E-state index contributed by atoms with van der Waals surface area (Å²) >= 11 is 0. The van der Waals surface area contributed by atoms with Crippen molar-refractivity contribution in [1.82, 2.24) is 0 Å². The molecule has 0 aliphatic rings. The molecule has 0 bridgehead atoms. The molecule has 2 N–H and O–H groups in total. The standard InChI is InChI=1S/C6H16O3P/c1-4-9-10(7,8)5-6(2)3/h6-8H,4-5H2,1-3H3/q+1. The quantitative estimate of drug-likeness (QED) is 0.622. The van der Waals surface area contributed by atoms with Gasteiger partial charge in [-0.3, -0.25) is 0 Å². The van der Waals surface area contributed by atoms with Crippen molar-refractivity contribution in [2.75, 3.05) is 12.8 Å². The molecule has 0 amide bonds. The summed E-state index contributed by atoms with van der Waals surface area (Å²) in [5, 5.41) is 0. The van der Waals surface area contributed by atoms with Gasteiger partial charge in [0.05, 0.1) is 6.61 Å². The Morgan fingerprint density at radius 2 is 1.90 bits per heavy atom. The van der Waals surface area contributed by atoms with Crippen LogP contribution in [0.4, 0.5) is 0 Å². The Balaban J connectivity index is 3.63. The third-order valence-electron chi connectivity index (χ3n) is 0.939. The van der Waals surface area contributed by atoms with Gasteiger partial charge in [-0.15, -0.1) is 0 Å². The minimum Gasteiger partial charge on any atom is -0.193 e. The highest BCUT2D eigenvalue weighted by molar-refractivity contribution is 7.59. The molecule has 4 heteroatoms. The lowest BCUT2D eigenvalue weighted by atomic mass is 10.3. The molecule has 0 radical (unpaired) electrons. The Labute approximate surface area is 62.6 Å². The summed E-state index contributed by atoms with van der Waals surface area (Å²) in [5.41, 5.74) is 0. The number of hydrogen-bond acceptors (Lipinski definition) is 3. The molecule has 0 aliphatic heterocycles. The van der Waals surface area contributed by atoms with Gasteiger partial charge in [0, 0.05) is 0 Å². The van der Waals surface area contributed by atoms with Gasteiger partial charge in [0.25, 0.3) is 0 Å². The first-order chi connectivity index (χ1) is 4.48. The van der Waals surface area contributed by atoms with Gasteiger partial charge in [-0.25, -0.2) is 0 Å². The van der Waals surface area contributed by atoms with E-state index in [0.29, 0.717) is 12.8 Å². The van der Waals surface area contributed by atoms with Crippen molar-refractivity contribution in [3.63, 3.8) is 0 Å². The van der Waals surface area contributed by atoms with Gasteiger partial charge in [-0.2, -0.15) is 14.3 Å². The van der Waals surface area contributed by atoms with Crippen LogP contribution in [-0.4, -0.2) is 22.6 Å². The lowest BCUT2D eigenvalue weighted by Gasteiger charge is -2.11. The number of hydrogen-bond donors (Lipinski definition) is 2. The Kier molecular flexibility index (Phi) is 4.37. The lowest BCUT2D eigenvalue weighted by molar-refractivity contribution is 0.237.